The van der Waals surface area contributed by atoms with Gasteiger partial charge in [0.25, 0.3) is 5.91 Å². The van der Waals surface area contributed by atoms with Gasteiger partial charge in [-0.2, -0.15) is 15.0 Å². The Morgan fingerprint density at radius 1 is 1.28 bits per heavy atom. The number of pyridine rings is 1. The predicted molar refractivity (Wildman–Crippen MR) is 106 cm³/mol. The molecule has 4 heterocycles. The average molecular weight is 397 g/mol. The Hall–Kier alpha value is -3.27. The highest BCUT2D eigenvalue weighted by Crippen LogP contribution is 2.33. The van der Waals surface area contributed by atoms with Crippen molar-refractivity contribution in [2.24, 2.45) is 5.73 Å². The molecule has 1 aliphatic heterocycles. The van der Waals surface area contributed by atoms with Crippen molar-refractivity contribution in [2.45, 2.75) is 18.8 Å². The minimum absolute atomic E-state index is 0.0747. The van der Waals surface area contributed by atoms with Crippen molar-refractivity contribution in [2.75, 3.05) is 38.3 Å². The van der Waals surface area contributed by atoms with Crippen LogP contribution in [0.5, 0.6) is 6.01 Å². The summed E-state index contributed by atoms with van der Waals surface area (Å²) in [4.78, 5) is 33.8. The zero-order chi connectivity index (χ0) is 20.2. The number of anilines is 1. The summed E-state index contributed by atoms with van der Waals surface area (Å²) in [6, 6.07) is 4.12. The summed E-state index contributed by atoms with van der Waals surface area (Å²) in [5.41, 5.74) is 7.57. The summed E-state index contributed by atoms with van der Waals surface area (Å²) in [6.45, 7) is 2.15. The van der Waals surface area contributed by atoms with Crippen molar-refractivity contribution < 1.29 is 14.3 Å². The first-order chi connectivity index (χ1) is 14.2. The number of aromatic amines is 1. The van der Waals surface area contributed by atoms with Crippen LogP contribution in [0.3, 0.4) is 0 Å². The van der Waals surface area contributed by atoms with Crippen LogP contribution in [0.4, 0.5) is 5.95 Å². The SMILES string of the molecule is COCCOc1nc(C(N)=O)nc(N2CCC(c3c[nH]c4ncccc34)CC2)n1. The van der Waals surface area contributed by atoms with Gasteiger partial charge in [-0.3, -0.25) is 4.79 Å². The number of fused-ring (bicyclic) bond motifs is 1. The fraction of sp³-hybridized carbons (Fsp3) is 0.421. The molecule has 10 nitrogen and oxygen atoms in total. The molecule has 0 saturated carbocycles. The first-order valence-electron chi connectivity index (χ1n) is 9.50. The number of amides is 1. The number of ether oxygens (including phenoxy) is 2. The normalized spacial score (nSPS) is 15.0. The molecule has 4 rings (SSSR count). The largest absolute Gasteiger partial charge is 0.461 e. The minimum atomic E-state index is -0.716. The van der Waals surface area contributed by atoms with Crippen LogP contribution >= 0.6 is 0 Å². The van der Waals surface area contributed by atoms with E-state index in [0.29, 0.717) is 18.5 Å². The second kappa shape index (κ2) is 8.39. The molecule has 3 N–H and O–H groups in total. The number of rotatable bonds is 7. The third kappa shape index (κ3) is 4.11. The number of carbonyl (C=O) groups is 1. The standard InChI is InChI=1S/C19H23N7O3/c1-28-9-10-29-19-24-17(15(20)27)23-18(25-19)26-7-4-12(5-8-26)14-11-22-16-13(14)3-2-6-21-16/h2-3,6,11-12H,4-5,7-10H2,1H3,(H2,20,27)(H,21,22). The average Bonchev–Trinajstić information content (AvgIpc) is 3.18. The molecule has 29 heavy (non-hydrogen) atoms. The van der Waals surface area contributed by atoms with E-state index < -0.39 is 5.91 Å². The van der Waals surface area contributed by atoms with Crippen LogP contribution in [-0.4, -0.2) is 64.2 Å². The van der Waals surface area contributed by atoms with Gasteiger partial charge in [-0.15, -0.1) is 0 Å². The molecular formula is C19H23N7O3. The van der Waals surface area contributed by atoms with E-state index in [1.807, 2.05) is 17.2 Å². The minimum Gasteiger partial charge on any atom is -0.461 e. The van der Waals surface area contributed by atoms with Crippen molar-refractivity contribution in [1.82, 2.24) is 24.9 Å². The van der Waals surface area contributed by atoms with E-state index >= 15 is 0 Å². The summed E-state index contributed by atoms with van der Waals surface area (Å²) >= 11 is 0. The Kier molecular flexibility index (Phi) is 5.52. The van der Waals surface area contributed by atoms with Crippen LogP contribution < -0.4 is 15.4 Å². The molecule has 1 aliphatic rings. The topological polar surface area (TPSA) is 132 Å². The van der Waals surface area contributed by atoms with Crippen molar-refractivity contribution in [1.29, 1.82) is 0 Å². The predicted octanol–water partition coefficient (Wildman–Crippen LogP) is 1.26. The lowest BCUT2D eigenvalue weighted by Crippen LogP contribution is -2.35. The van der Waals surface area contributed by atoms with Gasteiger partial charge in [-0.25, -0.2) is 4.98 Å². The number of H-pyrrole nitrogens is 1. The number of hydrogen-bond donors (Lipinski definition) is 2. The van der Waals surface area contributed by atoms with Gasteiger partial charge in [-0.05, 0) is 36.5 Å². The molecule has 152 valence electrons. The molecule has 1 fully saturated rings. The lowest BCUT2D eigenvalue weighted by atomic mass is 9.89. The van der Waals surface area contributed by atoms with Crippen LogP contribution in [0.15, 0.2) is 24.5 Å². The third-order valence-corrected chi connectivity index (χ3v) is 5.04. The van der Waals surface area contributed by atoms with E-state index in [0.717, 1.165) is 37.0 Å². The molecule has 0 aliphatic carbocycles. The first kappa shape index (κ1) is 19.1. The fourth-order valence-electron chi connectivity index (χ4n) is 3.58. The van der Waals surface area contributed by atoms with Crippen molar-refractivity contribution in [3.8, 4) is 6.01 Å². The van der Waals surface area contributed by atoms with E-state index in [1.165, 1.54) is 5.56 Å². The molecule has 0 radical (unpaired) electrons. The number of nitrogens with two attached hydrogens (primary N) is 1. The van der Waals surface area contributed by atoms with Crippen LogP contribution in [0, 0.1) is 0 Å². The van der Waals surface area contributed by atoms with E-state index in [9.17, 15) is 4.79 Å². The highest BCUT2D eigenvalue weighted by atomic mass is 16.5. The third-order valence-electron chi connectivity index (χ3n) is 5.04. The molecule has 3 aromatic rings. The number of primary amides is 1. The Balaban J connectivity index is 1.49. The molecule has 10 heteroatoms. The van der Waals surface area contributed by atoms with Crippen LogP contribution in [-0.2, 0) is 4.74 Å². The van der Waals surface area contributed by atoms with E-state index in [-0.39, 0.29) is 18.4 Å². The Bertz CT molecular complexity index is 998. The molecule has 0 bridgehead atoms. The molecule has 0 spiro atoms. The second-order valence-corrected chi connectivity index (χ2v) is 6.85. The zero-order valence-corrected chi connectivity index (χ0v) is 16.2. The monoisotopic (exact) mass is 397 g/mol. The highest BCUT2D eigenvalue weighted by molar-refractivity contribution is 5.89. The maximum absolute atomic E-state index is 11.6. The number of carbonyl (C=O) groups excluding carboxylic acids is 1. The molecule has 0 unspecified atom stereocenters. The van der Waals surface area contributed by atoms with Gasteiger partial charge in [0.05, 0.1) is 6.61 Å². The van der Waals surface area contributed by atoms with Gasteiger partial charge >= 0.3 is 6.01 Å². The molecule has 1 amide bonds. The Labute approximate surface area is 167 Å². The van der Waals surface area contributed by atoms with Gasteiger partial charge < -0.3 is 25.1 Å². The Morgan fingerprint density at radius 2 is 2.10 bits per heavy atom. The number of hydrogen-bond acceptors (Lipinski definition) is 8. The van der Waals surface area contributed by atoms with Gasteiger partial charge in [0, 0.05) is 38.0 Å². The molecule has 0 aromatic carbocycles. The van der Waals surface area contributed by atoms with Gasteiger partial charge in [0.2, 0.25) is 11.8 Å². The summed E-state index contributed by atoms with van der Waals surface area (Å²) in [5.74, 6) is -0.00186. The summed E-state index contributed by atoms with van der Waals surface area (Å²) in [7, 11) is 1.57. The lowest BCUT2D eigenvalue weighted by Gasteiger charge is -2.32. The first-order valence-corrected chi connectivity index (χ1v) is 9.50. The second-order valence-electron chi connectivity index (χ2n) is 6.85. The summed E-state index contributed by atoms with van der Waals surface area (Å²) < 4.78 is 10.4. The fourth-order valence-corrected chi connectivity index (χ4v) is 3.58. The molecular weight excluding hydrogens is 374 g/mol. The lowest BCUT2D eigenvalue weighted by molar-refractivity contribution is 0.0987. The number of piperidine rings is 1. The summed E-state index contributed by atoms with van der Waals surface area (Å²) in [6.07, 6.45) is 5.70. The molecule has 0 atom stereocenters. The van der Waals surface area contributed by atoms with Crippen molar-refractivity contribution in [3.63, 3.8) is 0 Å². The number of methoxy groups -OCH3 is 1. The van der Waals surface area contributed by atoms with Crippen LogP contribution in [0.1, 0.15) is 34.9 Å². The number of nitrogens with one attached hydrogen (secondary N) is 1. The van der Waals surface area contributed by atoms with Gasteiger partial charge in [0.15, 0.2) is 0 Å². The van der Waals surface area contributed by atoms with Crippen LogP contribution in [0.2, 0.25) is 0 Å². The number of aromatic nitrogens is 5. The highest BCUT2D eigenvalue weighted by Gasteiger charge is 2.25. The number of nitrogens with zero attached hydrogens (tertiary/aromatic N) is 5. The van der Waals surface area contributed by atoms with Crippen molar-refractivity contribution in [3.05, 3.63) is 35.9 Å². The molecule has 3 aromatic heterocycles. The van der Waals surface area contributed by atoms with E-state index in [2.05, 4.69) is 31.0 Å². The maximum Gasteiger partial charge on any atom is 0.322 e. The Morgan fingerprint density at radius 3 is 2.86 bits per heavy atom. The zero-order valence-electron chi connectivity index (χ0n) is 16.2. The van der Waals surface area contributed by atoms with E-state index in [4.69, 9.17) is 15.2 Å². The quantitative estimate of drug-likeness (QED) is 0.569. The van der Waals surface area contributed by atoms with Crippen molar-refractivity contribution >= 4 is 22.9 Å². The van der Waals surface area contributed by atoms with E-state index in [1.54, 1.807) is 13.3 Å². The maximum atomic E-state index is 11.6. The van der Waals surface area contributed by atoms with Gasteiger partial charge in [0.1, 0.15) is 12.3 Å². The summed E-state index contributed by atoms with van der Waals surface area (Å²) in [5, 5.41) is 1.16. The smallest absolute Gasteiger partial charge is 0.322 e. The molecule has 1 saturated heterocycles. The van der Waals surface area contributed by atoms with Gasteiger partial charge in [-0.1, -0.05) is 0 Å². The van der Waals surface area contributed by atoms with Crippen LogP contribution in [0.25, 0.3) is 11.0 Å².